The van der Waals surface area contributed by atoms with Gasteiger partial charge in [-0.15, -0.1) is 0 Å². The highest BCUT2D eigenvalue weighted by atomic mass is 16.5. The highest BCUT2D eigenvalue weighted by Crippen LogP contribution is 2.23. The van der Waals surface area contributed by atoms with E-state index in [-0.39, 0.29) is 5.91 Å². The number of methoxy groups -OCH3 is 1. The van der Waals surface area contributed by atoms with Crippen molar-refractivity contribution in [3.05, 3.63) is 47.8 Å². The number of hydrogen-bond acceptors (Lipinski definition) is 8. The number of benzene rings is 1. The van der Waals surface area contributed by atoms with Crippen LogP contribution in [0.2, 0.25) is 0 Å². The number of nitrogens with one attached hydrogen (secondary N) is 2. The number of hydrogen-bond donors (Lipinski definition) is 2. The second-order valence-electron chi connectivity index (χ2n) is 7.74. The molecule has 0 radical (unpaired) electrons. The minimum Gasteiger partial charge on any atom is -0.497 e. The average molecular weight is 452 g/mol. The number of morpholine rings is 1. The van der Waals surface area contributed by atoms with Crippen molar-refractivity contribution < 1.29 is 14.3 Å². The molecule has 2 N–H and O–H groups in total. The van der Waals surface area contributed by atoms with Crippen molar-refractivity contribution in [3.8, 4) is 17.0 Å². The van der Waals surface area contributed by atoms with Crippen LogP contribution in [0.15, 0.2) is 36.4 Å². The Kier molecular flexibility index (Phi) is 7.04. The first-order chi connectivity index (χ1) is 16.0. The van der Waals surface area contributed by atoms with Gasteiger partial charge in [0.1, 0.15) is 17.3 Å². The van der Waals surface area contributed by atoms with E-state index in [1.54, 1.807) is 24.9 Å². The molecule has 1 fully saturated rings. The van der Waals surface area contributed by atoms with Crippen LogP contribution in [0, 0.1) is 6.92 Å². The molecule has 3 aromatic rings. The highest BCUT2D eigenvalue weighted by Gasteiger charge is 2.16. The number of aromatic nitrogens is 4. The molecule has 1 aliphatic rings. The van der Waals surface area contributed by atoms with Crippen molar-refractivity contribution >= 4 is 17.7 Å². The van der Waals surface area contributed by atoms with Crippen molar-refractivity contribution in [1.29, 1.82) is 0 Å². The van der Waals surface area contributed by atoms with Crippen LogP contribution in [0.1, 0.15) is 16.2 Å². The Bertz CT molecular complexity index is 1110. The number of ether oxygens (including phenoxy) is 2. The van der Waals surface area contributed by atoms with Gasteiger partial charge in [-0.25, -0.2) is 4.98 Å². The number of carbonyl (C=O) groups is 1. The van der Waals surface area contributed by atoms with Gasteiger partial charge in [-0.3, -0.25) is 9.48 Å². The quantitative estimate of drug-likeness (QED) is 0.500. The fourth-order valence-corrected chi connectivity index (χ4v) is 3.63. The topological polar surface area (TPSA) is 106 Å². The largest absolute Gasteiger partial charge is 0.497 e. The summed E-state index contributed by atoms with van der Waals surface area (Å²) in [4.78, 5) is 23.9. The summed E-state index contributed by atoms with van der Waals surface area (Å²) in [6, 6.07) is 11.3. The van der Waals surface area contributed by atoms with Crippen LogP contribution in [-0.4, -0.2) is 72.2 Å². The average Bonchev–Trinajstić information content (AvgIpc) is 3.23. The maximum Gasteiger partial charge on any atom is 0.269 e. The van der Waals surface area contributed by atoms with Gasteiger partial charge in [0, 0.05) is 50.6 Å². The third-order valence-electron chi connectivity index (χ3n) is 5.35. The first-order valence-electron chi connectivity index (χ1n) is 10.9. The summed E-state index contributed by atoms with van der Waals surface area (Å²) < 4.78 is 12.3. The predicted octanol–water partition coefficient (Wildman–Crippen LogP) is 1.87. The third kappa shape index (κ3) is 5.58. The number of nitrogens with zero attached hydrogens (tertiary/aromatic N) is 5. The molecule has 1 aliphatic heterocycles. The van der Waals surface area contributed by atoms with Gasteiger partial charge >= 0.3 is 0 Å². The lowest BCUT2D eigenvalue weighted by atomic mass is 10.1. The molecule has 174 valence electrons. The summed E-state index contributed by atoms with van der Waals surface area (Å²) in [5, 5.41) is 10.6. The molecule has 0 atom stereocenters. The van der Waals surface area contributed by atoms with E-state index in [0.29, 0.717) is 43.6 Å². The summed E-state index contributed by atoms with van der Waals surface area (Å²) in [6.07, 6.45) is 0. The van der Waals surface area contributed by atoms with Gasteiger partial charge in [0.2, 0.25) is 5.95 Å². The Balaban J connectivity index is 1.33. The zero-order valence-corrected chi connectivity index (χ0v) is 19.2. The monoisotopic (exact) mass is 451 g/mol. The van der Waals surface area contributed by atoms with Gasteiger partial charge in [-0.2, -0.15) is 10.1 Å². The number of aryl methyl sites for hydroxylation is 2. The van der Waals surface area contributed by atoms with E-state index in [9.17, 15) is 4.79 Å². The summed E-state index contributed by atoms with van der Waals surface area (Å²) >= 11 is 0. The smallest absolute Gasteiger partial charge is 0.269 e. The van der Waals surface area contributed by atoms with E-state index < -0.39 is 0 Å². The van der Waals surface area contributed by atoms with E-state index in [1.807, 2.05) is 37.3 Å². The first-order valence-corrected chi connectivity index (χ1v) is 10.9. The summed E-state index contributed by atoms with van der Waals surface area (Å²) in [5.74, 6) is 1.98. The summed E-state index contributed by atoms with van der Waals surface area (Å²) in [5.41, 5.74) is 2.97. The van der Waals surface area contributed by atoms with Crippen LogP contribution in [0.5, 0.6) is 5.75 Å². The highest BCUT2D eigenvalue weighted by molar-refractivity contribution is 5.93. The predicted molar refractivity (Wildman–Crippen MR) is 126 cm³/mol. The van der Waals surface area contributed by atoms with Gasteiger partial charge in [-0.1, -0.05) is 12.1 Å². The number of rotatable bonds is 8. The van der Waals surface area contributed by atoms with Crippen LogP contribution in [0.3, 0.4) is 0 Å². The Morgan fingerprint density at radius 2 is 1.97 bits per heavy atom. The van der Waals surface area contributed by atoms with Crippen LogP contribution in [-0.2, 0) is 11.8 Å². The molecule has 10 nitrogen and oxygen atoms in total. The molecule has 0 aliphatic carbocycles. The maximum atomic E-state index is 12.7. The summed E-state index contributed by atoms with van der Waals surface area (Å²) in [6.45, 7) is 5.89. The van der Waals surface area contributed by atoms with Crippen molar-refractivity contribution in [2.75, 3.05) is 56.7 Å². The second-order valence-corrected chi connectivity index (χ2v) is 7.74. The minimum atomic E-state index is -0.194. The van der Waals surface area contributed by atoms with Gasteiger partial charge in [0.15, 0.2) is 0 Å². The maximum absolute atomic E-state index is 12.7. The van der Waals surface area contributed by atoms with Gasteiger partial charge in [-0.05, 0) is 25.1 Å². The Morgan fingerprint density at radius 1 is 1.15 bits per heavy atom. The molecule has 1 aromatic carbocycles. The van der Waals surface area contributed by atoms with Crippen molar-refractivity contribution in [2.45, 2.75) is 6.92 Å². The van der Waals surface area contributed by atoms with Crippen LogP contribution < -0.4 is 20.3 Å². The molecular weight excluding hydrogens is 422 g/mol. The van der Waals surface area contributed by atoms with E-state index in [1.165, 1.54) is 0 Å². The van der Waals surface area contributed by atoms with Crippen LogP contribution >= 0.6 is 0 Å². The molecule has 0 unspecified atom stereocenters. The second kappa shape index (κ2) is 10.3. The zero-order valence-electron chi connectivity index (χ0n) is 19.2. The number of amides is 1. The lowest BCUT2D eigenvalue weighted by Gasteiger charge is -2.28. The molecule has 1 saturated heterocycles. The third-order valence-corrected chi connectivity index (χ3v) is 5.35. The fraction of sp³-hybridized carbons (Fsp3) is 0.391. The van der Waals surface area contributed by atoms with E-state index >= 15 is 0 Å². The van der Waals surface area contributed by atoms with E-state index in [2.05, 4.69) is 30.6 Å². The van der Waals surface area contributed by atoms with Crippen molar-refractivity contribution in [3.63, 3.8) is 0 Å². The Morgan fingerprint density at radius 3 is 2.76 bits per heavy atom. The Labute approximate surface area is 192 Å². The van der Waals surface area contributed by atoms with Crippen molar-refractivity contribution in [2.24, 2.45) is 7.05 Å². The molecule has 4 rings (SSSR count). The lowest BCUT2D eigenvalue weighted by Crippen LogP contribution is -2.37. The molecule has 2 aromatic heterocycles. The number of anilines is 2. The molecule has 0 saturated carbocycles. The summed E-state index contributed by atoms with van der Waals surface area (Å²) in [7, 11) is 3.38. The molecule has 0 spiro atoms. The normalized spacial score (nSPS) is 13.6. The van der Waals surface area contributed by atoms with Gasteiger partial charge in [0.25, 0.3) is 5.91 Å². The van der Waals surface area contributed by atoms with E-state index in [0.717, 1.165) is 35.9 Å². The van der Waals surface area contributed by atoms with E-state index in [4.69, 9.17) is 9.47 Å². The standard InChI is InChI=1S/C23H29N7O3/c1-16-13-21(30-9-11-33-12-10-30)27-23(26-16)25-8-7-24-22(31)20-15-19(28-29(20)2)17-5-4-6-18(14-17)32-3/h4-6,13-15H,7-12H2,1-3H3,(H,24,31)(H,25,26,27). The molecule has 10 heteroatoms. The van der Waals surface area contributed by atoms with Crippen LogP contribution in [0.25, 0.3) is 11.3 Å². The van der Waals surface area contributed by atoms with Gasteiger partial charge < -0.3 is 25.0 Å². The van der Waals surface area contributed by atoms with Crippen LogP contribution in [0.4, 0.5) is 11.8 Å². The molecule has 1 amide bonds. The minimum absolute atomic E-state index is 0.194. The van der Waals surface area contributed by atoms with Gasteiger partial charge in [0.05, 0.1) is 26.0 Å². The molecule has 3 heterocycles. The fourth-order valence-electron chi connectivity index (χ4n) is 3.63. The zero-order chi connectivity index (χ0) is 23.2. The lowest BCUT2D eigenvalue weighted by molar-refractivity contribution is 0.0945. The molecule has 33 heavy (non-hydrogen) atoms. The molecule has 0 bridgehead atoms. The van der Waals surface area contributed by atoms with Crippen molar-refractivity contribution in [1.82, 2.24) is 25.1 Å². The number of carbonyl (C=O) groups excluding carboxylic acids is 1. The SMILES string of the molecule is COc1cccc(-c2cc(C(=O)NCCNc3nc(C)cc(N4CCOCC4)n3)n(C)n2)c1. The Hall–Kier alpha value is -3.66. The molecular formula is C23H29N7O3. The first kappa shape index (κ1) is 22.5.